The molecule has 0 aliphatic carbocycles. The molecule has 0 spiro atoms. The number of aryl methyl sites for hydroxylation is 1. The number of pyridine rings is 1. The summed E-state index contributed by atoms with van der Waals surface area (Å²) in [6, 6.07) is 15.1. The van der Waals surface area contributed by atoms with Gasteiger partial charge >= 0.3 is 0 Å². The molecule has 0 unspecified atom stereocenters. The number of thioether (sulfide) groups is 1. The zero-order valence-corrected chi connectivity index (χ0v) is 17.0. The normalized spacial score (nSPS) is 10.7. The molecule has 23 heavy (non-hydrogen) atoms. The highest BCUT2D eigenvalue weighted by Crippen LogP contribution is 2.16. The van der Waals surface area contributed by atoms with E-state index in [9.17, 15) is 0 Å². The van der Waals surface area contributed by atoms with E-state index in [1.54, 1.807) is 11.8 Å². The second-order valence-corrected chi connectivity index (χ2v) is 6.37. The van der Waals surface area contributed by atoms with Gasteiger partial charge in [0.25, 0.3) is 0 Å². The summed E-state index contributed by atoms with van der Waals surface area (Å²) in [5.74, 6) is 0. The van der Waals surface area contributed by atoms with Crippen LogP contribution in [-0.2, 0) is 6.54 Å². The van der Waals surface area contributed by atoms with Gasteiger partial charge in [-0.15, -0.1) is 11.8 Å². The van der Waals surface area contributed by atoms with E-state index in [1.807, 2.05) is 0 Å². The second kappa shape index (κ2) is 11.7. The lowest BCUT2D eigenvalue weighted by molar-refractivity contribution is -0.699. The maximum absolute atomic E-state index is 2.35. The van der Waals surface area contributed by atoms with Crippen LogP contribution < -0.4 is 28.5 Å². The van der Waals surface area contributed by atoms with E-state index in [0.717, 1.165) is 6.54 Å². The minimum atomic E-state index is 0. The number of aromatic nitrogens is 1. The van der Waals surface area contributed by atoms with Crippen molar-refractivity contribution in [3.63, 3.8) is 0 Å². The first kappa shape index (κ1) is 20.2. The summed E-state index contributed by atoms with van der Waals surface area (Å²) < 4.78 is 2.35. The smallest absolute Gasteiger partial charge is 0.205 e. The molecule has 0 aliphatic rings. The lowest BCUT2D eigenvalue weighted by atomic mass is 10.2. The summed E-state index contributed by atoms with van der Waals surface area (Å²) in [6.07, 6.45) is 13.9. The van der Waals surface area contributed by atoms with Crippen LogP contribution >= 0.6 is 11.8 Å². The Morgan fingerprint density at radius 1 is 0.957 bits per heavy atom. The van der Waals surface area contributed by atoms with Gasteiger partial charge in [0.1, 0.15) is 6.54 Å². The first-order chi connectivity index (χ1) is 10.8. The highest BCUT2D eigenvalue weighted by molar-refractivity contribution is 7.98. The highest BCUT2D eigenvalue weighted by Gasteiger charge is 2.05. The Morgan fingerprint density at radius 2 is 1.74 bits per heavy atom. The topological polar surface area (TPSA) is 3.88 Å². The van der Waals surface area contributed by atoms with Gasteiger partial charge in [0, 0.05) is 29.5 Å². The molecule has 1 aromatic heterocycles. The summed E-state index contributed by atoms with van der Waals surface area (Å²) in [5.41, 5.74) is 2.52. The predicted molar refractivity (Wildman–Crippen MR) is 97.9 cm³/mol. The average molecular weight is 439 g/mol. The molecule has 0 saturated heterocycles. The molecule has 0 aliphatic heterocycles. The number of nitrogens with zero attached hydrogens (tertiary/aromatic N) is 1. The molecule has 2 aromatic rings. The molecule has 124 valence electrons. The zero-order valence-electron chi connectivity index (χ0n) is 14.0. The minimum absolute atomic E-state index is 0. The summed E-state index contributed by atoms with van der Waals surface area (Å²) in [7, 11) is 0. The number of rotatable bonds is 8. The molecule has 3 heteroatoms. The van der Waals surface area contributed by atoms with Gasteiger partial charge in [-0.25, -0.2) is 0 Å². The van der Waals surface area contributed by atoms with Crippen molar-refractivity contribution in [1.82, 2.24) is 0 Å². The molecule has 1 nitrogen and oxygen atoms in total. The Balaban J connectivity index is 0.00000264. The average Bonchev–Trinajstić information content (AvgIpc) is 2.58. The quantitative estimate of drug-likeness (QED) is 0.265. The number of hydrogen-bond donors (Lipinski definition) is 0. The highest BCUT2D eigenvalue weighted by atomic mass is 127. The standard InChI is InChI=1S/C20H26NS.HI/c1-3-4-5-7-16-21-17-8-6-9-19(21)13-10-18-11-14-20(22-2)15-12-18;/h6,8-15,17H,3-5,7,16H2,1-2H3;1H/q+1;/p-1. The van der Waals surface area contributed by atoms with Gasteiger partial charge in [0.15, 0.2) is 6.20 Å². The summed E-state index contributed by atoms with van der Waals surface area (Å²) in [5, 5.41) is 0. The first-order valence-electron chi connectivity index (χ1n) is 8.14. The molecule has 0 amide bonds. The number of unbranched alkanes of at least 4 members (excludes halogenated alkanes) is 3. The lowest BCUT2D eigenvalue weighted by Crippen LogP contribution is -3.00. The third-order valence-electron chi connectivity index (χ3n) is 3.79. The van der Waals surface area contributed by atoms with Crippen molar-refractivity contribution < 1.29 is 28.5 Å². The lowest BCUT2D eigenvalue weighted by Gasteiger charge is -2.01. The van der Waals surface area contributed by atoms with Gasteiger partial charge in [-0.1, -0.05) is 31.9 Å². The van der Waals surface area contributed by atoms with E-state index in [-0.39, 0.29) is 24.0 Å². The fraction of sp³-hybridized carbons (Fsp3) is 0.350. The number of halogens is 1. The Morgan fingerprint density at radius 3 is 2.43 bits per heavy atom. The van der Waals surface area contributed by atoms with Gasteiger partial charge in [-0.3, -0.25) is 0 Å². The van der Waals surface area contributed by atoms with Crippen molar-refractivity contribution in [3.05, 3.63) is 59.9 Å². The van der Waals surface area contributed by atoms with Crippen LogP contribution in [0.15, 0.2) is 53.6 Å². The third kappa shape index (κ3) is 7.08. The van der Waals surface area contributed by atoms with Crippen LogP contribution in [0.25, 0.3) is 12.2 Å². The van der Waals surface area contributed by atoms with Crippen molar-refractivity contribution in [2.75, 3.05) is 6.26 Å². The largest absolute Gasteiger partial charge is 1.00 e. The molecular weight excluding hydrogens is 413 g/mol. The molecule has 0 radical (unpaired) electrons. The Hall–Kier alpha value is -0.810. The molecule has 0 saturated carbocycles. The maximum atomic E-state index is 2.35. The molecule has 2 rings (SSSR count). The molecule has 0 fully saturated rings. The molecule has 1 heterocycles. The fourth-order valence-corrected chi connectivity index (χ4v) is 2.86. The molecule has 1 aromatic carbocycles. The number of benzene rings is 1. The van der Waals surface area contributed by atoms with Crippen molar-refractivity contribution in [3.8, 4) is 0 Å². The van der Waals surface area contributed by atoms with Gasteiger partial charge < -0.3 is 24.0 Å². The van der Waals surface area contributed by atoms with E-state index in [0.29, 0.717) is 0 Å². The molecule has 0 bridgehead atoms. The Bertz CT molecular complexity index is 593. The summed E-state index contributed by atoms with van der Waals surface area (Å²) in [6.45, 7) is 3.36. The molecule has 0 N–H and O–H groups in total. The van der Waals surface area contributed by atoms with Gasteiger partial charge in [0.05, 0.1) is 0 Å². The second-order valence-electron chi connectivity index (χ2n) is 5.49. The zero-order chi connectivity index (χ0) is 15.6. The monoisotopic (exact) mass is 439 g/mol. The van der Waals surface area contributed by atoms with Crippen LogP contribution in [0.2, 0.25) is 0 Å². The Kier molecular flexibility index (Phi) is 10.3. The van der Waals surface area contributed by atoms with Crippen LogP contribution in [0.4, 0.5) is 0 Å². The van der Waals surface area contributed by atoms with Crippen LogP contribution in [0.1, 0.15) is 43.9 Å². The summed E-state index contributed by atoms with van der Waals surface area (Å²) >= 11 is 1.78. The van der Waals surface area contributed by atoms with E-state index in [2.05, 4.69) is 78.6 Å². The van der Waals surface area contributed by atoms with Crippen molar-refractivity contribution in [2.24, 2.45) is 0 Å². The van der Waals surface area contributed by atoms with Crippen LogP contribution in [-0.4, -0.2) is 6.26 Å². The van der Waals surface area contributed by atoms with Crippen molar-refractivity contribution in [2.45, 2.75) is 44.0 Å². The number of hydrogen-bond acceptors (Lipinski definition) is 1. The first-order valence-corrected chi connectivity index (χ1v) is 9.36. The summed E-state index contributed by atoms with van der Waals surface area (Å²) in [4.78, 5) is 1.31. The van der Waals surface area contributed by atoms with E-state index in [1.165, 1.54) is 41.8 Å². The molecule has 0 atom stereocenters. The SMILES string of the molecule is CCCCCC[n+]1ccccc1C=Cc1ccc(SC)cc1.[I-]. The van der Waals surface area contributed by atoms with Gasteiger partial charge in [-0.2, -0.15) is 4.57 Å². The Labute approximate surface area is 162 Å². The van der Waals surface area contributed by atoms with E-state index in [4.69, 9.17) is 0 Å². The fourth-order valence-electron chi connectivity index (χ4n) is 2.45. The predicted octanol–water partition coefficient (Wildman–Crippen LogP) is 2.45. The van der Waals surface area contributed by atoms with E-state index < -0.39 is 0 Å². The van der Waals surface area contributed by atoms with Crippen LogP contribution in [0.5, 0.6) is 0 Å². The van der Waals surface area contributed by atoms with Gasteiger partial charge in [-0.05, 0) is 42.5 Å². The van der Waals surface area contributed by atoms with Crippen molar-refractivity contribution >= 4 is 23.9 Å². The molecular formula is C20H26INS. The van der Waals surface area contributed by atoms with Gasteiger partial charge in [0.2, 0.25) is 5.69 Å². The third-order valence-corrected chi connectivity index (χ3v) is 4.53. The van der Waals surface area contributed by atoms with Crippen molar-refractivity contribution in [1.29, 1.82) is 0 Å². The van der Waals surface area contributed by atoms with Crippen LogP contribution in [0, 0.1) is 0 Å². The van der Waals surface area contributed by atoms with Crippen LogP contribution in [0.3, 0.4) is 0 Å². The maximum Gasteiger partial charge on any atom is 0.205 e. The van der Waals surface area contributed by atoms with E-state index >= 15 is 0 Å². The minimum Gasteiger partial charge on any atom is -1.00 e.